The van der Waals surface area contributed by atoms with Crippen molar-refractivity contribution in [2.75, 3.05) is 0 Å². The van der Waals surface area contributed by atoms with E-state index < -0.39 is 0 Å². The summed E-state index contributed by atoms with van der Waals surface area (Å²) in [5, 5.41) is 3.67. The van der Waals surface area contributed by atoms with Crippen molar-refractivity contribution >= 4 is 11.9 Å². The molecule has 2 rings (SSSR count). The molecule has 4 nitrogen and oxygen atoms in total. The third kappa shape index (κ3) is 2.77. The van der Waals surface area contributed by atoms with E-state index in [0.29, 0.717) is 11.7 Å². The number of isocyanates is 1. The van der Waals surface area contributed by atoms with Gasteiger partial charge in [0.2, 0.25) is 11.9 Å². The van der Waals surface area contributed by atoms with Crippen LogP contribution in [0.5, 0.6) is 0 Å². The molecule has 1 aromatic rings. The van der Waals surface area contributed by atoms with Crippen LogP contribution in [0.4, 0.5) is 5.82 Å². The summed E-state index contributed by atoms with van der Waals surface area (Å²) in [7, 11) is 0. The molecule has 1 aliphatic rings. The smallest absolute Gasteiger partial charge is 0.242 e. The van der Waals surface area contributed by atoms with E-state index in [2.05, 4.69) is 10.1 Å². The Balaban J connectivity index is 1.94. The molecule has 15 heavy (non-hydrogen) atoms. The van der Waals surface area contributed by atoms with Crippen LogP contribution in [0.15, 0.2) is 15.6 Å². The average Bonchev–Trinajstić information content (AvgIpc) is 2.68. The highest BCUT2D eigenvalue weighted by Crippen LogP contribution is 2.27. The predicted octanol–water partition coefficient (Wildman–Crippen LogP) is 2.76. The summed E-state index contributed by atoms with van der Waals surface area (Å²) in [6.45, 7) is 0. The highest BCUT2D eigenvalue weighted by molar-refractivity contribution is 5.43. The summed E-state index contributed by atoms with van der Waals surface area (Å²) < 4.78 is 5.10. The minimum atomic E-state index is 0.329. The molecule has 0 atom stereocenters. The average molecular weight is 206 g/mol. The SMILES string of the molecule is O=C=Nc1cc(CC2CCCCC2)on1. The van der Waals surface area contributed by atoms with Gasteiger partial charge in [0.15, 0.2) is 0 Å². The maximum atomic E-state index is 10.0. The first-order valence-corrected chi connectivity index (χ1v) is 5.42. The van der Waals surface area contributed by atoms with Gasteiger partial charge in [0.05, 0.1) is 0 Å². The molecule has 1 saturated carbocycles. The third-order valence-electron chi connectivity index (χ3n) is 2.92. The number of hydrogen-bond donors (Lipinski definition) is 0. The van der Waals surface area contributed by atoms with Gasteiger partial charge in [0.25, 0.3) is 0 Å². The van der Waals surface area contributed by atoms with Gasteiger partial charge < -0.3 is 4.52 Å². The minimum Gasteiger partial charge on any atom is -0.359 e. The minimum absolute atomic E-state index is 0.329. The highest BCUT2D eigenvalue weighted by atomic mass is 16.5. The second-order valence-corrected chi connectivity index (χ2v) is 4.06. The molecule has 1 aliphatic carbocycles. The van der Waals surface area contributed by atoms with Crippen LogP contribution < -0.4 is 0 Å². The fourth-order valence-corrected chi connectivity index (χ4v) is 2.17. The van der Waals surface area contributed by atoms with Crippen molar-refractivity contribution in [1.82, 2.24) is 5.16 Å². The van der Waals surface area contributed by atoms with Crippen LogP contribution in [0.1, 0.15) is 37.9 Å². The molecule has 0 N–H and O–H groups in total. The summed E-state index contributed by atoms with van der Waals surface area (Å²) in [6, 6.07) is 1.72. The zero-order valence-electron chi connectivity index (χ0n) is 8.61. The Morgan fingerprint density at radius 3 is 3.00 bits per heavy atom. The van der Waals surface area contributed by atoms with E-state index in [1.807, 2.05) is 0 Å². The van der Waals surface area contributed by atoms with E-state index in [-0.39, 0.29) is 0 Å². The van der Waals surface area contributed by atoms with Gasteiger partial charge in [-0.15, -0.1) is 4.99 Å². The van der Waals surface area contributed by atoms with Gasteiger partial charge in [-0.3, -0.25) is 0 Å². The molecule has 1 heterocycles. The summed E-state index contributed by atoms with van der Waals surface area (Å²) >= 11 is 0. The van der Waals surface area contributed by atoms with Crippen molar-refractivity contribution in [2.24, 2.45) is 10.9 Å². The van der Waals surface area contributed by atoms with Crippen LogP contribution >= 0.6 is 0 Å². The monoisotopic (exact) mass is 206 g/mol. The summed E-state index contributed by atoms with van der Waals surface area (Å²) in [6.07, 6.45) is 8.90. The van der Waals surface area contributed by atoms with Crippen LogP contribution in [0, 0.1) is 5.92 Å². The molecular formula is C11H14N2O2. The maximum Gasteiger partial charge on any atom is 0.242 e. The van der Waals surface area contributed by atoms with Crippen molar-refractivity contribution in [2.45, 2.75) is 38.5 Å². The van der Waals surface area contributed by atoms with Crippen molar-refractivity contribution in [3.63, 3.8) is 0 Å². The Morgan fingerprint density at radius 1 is 1.47 bits per heavy atom. The summed E-state index contributed by atoms with van der Waals surface area (Å²) in [5.41, 5.74) is 0. The zero-order chi connectivity index (χ0) is 10.5. The quantitative estimate of drug-likeness (QED) is 0.564. The fraction of sp³-hybridized carbons (Fsp3) is 0.636. The van der Waals surface area contributed by atoms with E-state index in [1.165, 1.54) is 38.2 Å². The normalized spacial score (nSPS) is 17.3. The van der Waals surface area contributed by atoms with Gasteiger partial charge >= 0.3 is 0 Å². The molecule has 1 aromatic heterocycles. The standard InChI is InChI=1S/C11H14N2O2/c14-8-12-11-7-10(15-13-11)6-9-4-2-1-3-5-9/h7,9H,1-6H2. The largest absolute Gasteiger partial charge is 0.359 e. The van der Waals surface area contributed by atoms with E-state index in [0.717, 1.165) is 12.2 Å². The fourth-order valence-electron chi connectivity index (χ4n) is 2.17. The topological polar surface area (TPSA) is 55.5 Å². The number of carbonyl (C=O) groups excluding carboxylic acids is 1. The van der Waals surface area contributed by atoms with E-state index >= 15 is 0 Å². The Bertz CT molecular complexity index is 360. The Kier molecular flexibility index (Phi) is 3.30. The Hall–Kier alpha value is -1.41. The molecule has 0 bridgehead atoms. The van der Waals surface area contributed by atoms with E-state index in [1.54, 1.807) is 6.07 Å². The van der Waals surface area contributed by atoms with Gasteiger partial charge in [-0.05, 0) is 5.92 Å². The number of aromatic nitrogens is 1. The van der Waals surface area contributed by atoms with Crippen molar-refractivity contribution in [1.29, 1.82) is 0 Å². The maximum absolute atomic E-state index is 10.0. The molecule has 1 fully saturated rings. The lowest BCUT2D eigenvalue weighted by molar-refractivity contribution is 0.310. The van der Waals surface area contributed by atoms with Crippen LogP contribution in [0.25, 0.3) is 0 Å². The first-order valence-electron chi connectivity index (χ1n) is 5.42. The first kappa shape index (κ1) is 10.1. The molecule has 80 valence electrons. The van der Waals surface area contributed by atoms with Crippen LogP contribution in [-0.2, 0) is 11.2 Å². The van der Waals surface area contributed by atoms with E-state index in [9.17, 15) is 4.79 Å². The number of aliphatic imine (C=N–C) groups is 1. The van der Waals surface area contributed by atoms with E-state index in [4.69, 9.17) is 4.52 Å². The van der Waals surface area contributed by atoms with Crippen molar-refractivity contribution in [3.05, 3.63) is 11.8 Å². The van der Waals surface area contributed by atoms with Gasteiger partial charge in [-0.2, -0.15) is 0 Å². The third-order valence-corrected chi connectivity index (χ3v) is 2.92. The zero-order valence-corrected chi connectivity index (χ0v) is 8.61. The highest BCUT2D eigenvalue weighted by Gasteiger charge is 2.16. The molecule has 0 aromatic carbocycles. The molecule has 0 saturated heterocycles. The Morgan fingerprint density at radius 2 is 2.27 bits per heavy atom. The van der Waals surface area contributed by atoms with Gasteiger partial charge in [0, 0.05) is 12.5 Å². The molecular weight excluding hydrogens is 192 g/mol. The van der Waals surface area contributed by atoms with Crippen molar-refractivity contribution in [3.8, 4) is 0 Å². The van der Waals surface area contributed by atoms with Gasteiger partial charge in [0.1, 0.15) is 5.76 Å². The predicted molar refractivity (Wildman–Crippen MR) is 54.6 cm³/mol. The Labute approximate surface area is 88.4 Å². The second-order valence-electron chi connectivity index (χ2n) is 4.06. The van der Waals surface area contributed by atoms with Crippen molar-refractivity contribution < 1.29 is 9.32 Å². The first-order chi connectivity index (χ1) is 7.38. The molecule has 0 radical (unpaired) electrons. The van der Waals surface area contributed by atoms with Gasteiger partial charge in [-0.1, -0.05) is 37.3 Å². The van der Waals surface area contributed by atoms with Gasteiger partial charge in [-0.25, -0.2) is 4.79 Å². The van der Waals surface area contributed by atoms with Crippen LogP contribution in [-0.4, -0.2) is 11.2 Å². The lowest BCUT2D eigenvalue weighted by Gasteiger charge is -2.19. The molecule has 0 aliphatic heterocycles. The summed E-state index contributed by atoms with van der Waals surface area (Å²) in [5.74, 6) is 1.87. The number of hydrogen-bond acceptors (Lipinski definition) is 4. The number of nitrogens with zero attached hydrogens (tertiary/aromatic N) is 2. The molecule has 0 spiro atoms. The number of rotatable bonds is 3. The molecule has 4 heteroatoms. The molecule has 0 unspecified atom stereocenters. The second kappa shape index (κ2) is 4.89. The lowest BCUT2D eigenvalue weighted by Crippen LogP contribution is -2.08. The molecule has 0 amide bonds. The van der Waals surface area contributed by atoms with Crippen LogP contribution in [0.3, 0.4) is 0 Å². The van der Waals surface area contributed by atoms with Crippen LogP contribution in [0.2, 0.25) is 0 Å². The lowest BCUT2D eigenvalue weighted by atomic mass is 9.86. The summed E-state index contributed by atoms with van der Waals surface area (Å²) in [4.78, 5) is 13.4.